The molecule has 0 aliphatic heterocycles. The van der Waals surface area contributed by atoms with E-state index in [9.17, 15) is 8.42 Å². The van der Waals surface area contributed by atoms with E-state index >= 15 is 0 Å². The molecule has 0 radical (unpaired) electrons. The first-order valence-electron chi connectivity index (χ1n) is 5.06. The lowest BCUT2D eigenvalue weighted by molar-refractivity contribution is 0.483. The van der Waals surface area contributed by atoms with Gasteiger partial charge in [-0.3, -0.25) is 4.55 Å². The van der Waals surface area contributed by atoms with E-state index in [-0.39, 0.29) is 4.90 Å². The number of hydrogen-bond acceptors (Lipinski definition) is 3. The number of benzene rings is 2. The van der Waals surface area contributed by atoms with Crippen LogP contribution in [0.4, 0.5) is 5.69 Å². The summed E-state index contributed by atoms with van der Waals surface area (Å²) in [5.41, 5.74) is 1.04. The topological polar surface area (TPSA) is 57.6 Å². The zero-order chi connectivity index (χ0) is 12.6. The van der Waals surface area contributed by atoms with Gasteiger partial charge in [0.25, 0.3) is 10.1 Å². The first kappa shape index (κ1) is 11.9. The Morgan fingerprint density at radius 3 is 2.18 bits per heavy atom. The van der Waals surface area contributed by atoms with Crippen molar-refractivity contribution in [2.24, 2.45) is 0 Å². The van der Waals surface area contributed by atoms with E-state index in [1.54, 1.807) is 6.07 Å². The molecule has 0 atom stereocenters. The van der Waals surface area contributed by atoms with Crippen LogP contribution < -0.4 is 4.90 Å². The zero-order valence-corrected chi connectivity index (χ0v) is 10.4. The quantitative estimate of drug-likeness (QED) is 0.831. The van der Waals surface area contributed by atoms with Crippen molar-refractivity contribution in [3.63, 3.8) is 0 Å². The summed E-state index contributed by atoms with van der Waals surface area (Å²) in [5, 5.41) is 1.72. The first-order valence-corrected chi connectivity index (χ1v) is 6.50. The van der Waals surface area contributed by atoms with E-state index in [4.69, 9.17) is 4.55 Å². The van der Waals surface area contributed by atoms with Gasteiger partial charge in [0.15, 0.2) is 0 Å². The summed E-state index contributed by atoms with van der Waals surface area (Å²) >= 11 is 0. The summed E-state index contributed by atoms with van der Waals surface area (Å²) < 4.78 is 31.0. The molecule has 2 rings (SSSR count). The van der Waals surface area contributed by atoms with Crippen LogP contribution in [0.15, 0.2) is 41.3 Å². The number of nitrogens with zero attached hydrogens (tertiary/aromatic N) is 1. The maximum absolute atomic E-state index is 11.0. The second-order valence-corrected chi connectivity index (χ2v) is 5.48. The van der Waals surface area contributed by atoms with Crippen molar-refractivity contribution in [1.29, 1.82) is 0 Å². The van der Waals surface area contributed by atoms with Crippen LogP contribution in [0.1, 0.15) is 0 Å². The molecule has 0 aliphatic carbocycles. The Morgan fingerprint density at radius 1 is 1.00 bits per heavy atom. The number of hydrogen-bond donors (Lipinski definition) is 1. The molecule has 0 bridgehead atoms. The van der Waals surface area contributed by atoms with Crippen molar-refractivity contribution in [3.8, 4) is 0 Å². The Kier molecular flexibility index (Phi) is 2.81. The van der Waals surface area contributed by atoms with Crippen molar-refractivity contribution >= 4 is 26.6 Å². The summed E-state index contributed by atoms with van der Waals surface area (Å²) in [4.78, 5) is 1.89. The van der Waals surface area contributed by atoms with Gasteiger partial charge in [-0.15, -0.1) is 0 Å². The Balaban J connectivity index is 2.62. The van der Waals surface area contributed by atoms with Crippen LogP contribution in [0.3, 0.4) is 0 Å². The highest BCUT2D eigenvalue weighted by Gasteiger charge is 2.09. The predicted molar refractivity (Wildman–Crippen MR) is 68.1 cm³/mol. The van der Waals surface area contributed by atoms with Crippen LogP contribution >= 0.6 is 0 Å². The minimum absolute atomic E-state index is 0.0809. The molecule has 0 saturated heterocycles. The molecule has 2 aromatic carbocycles. The molecule has 2 aromatic rings. The van der Waals surface area contributed by atoms with E-state index < -0.39 is 10.1 Å². The van der Waals surface area contributed by atoms with E-state index in [2.05, 4.69) is 0 Å². The first-order chi connectivity index (χ1) is 7.88. The molecule has 17 heavy (non-hydrogen) atoms. The van der Waals surface area contributed by atoms with Gasteiger partial charge in [-0.2, -0.15) is 8.42 Å². The molecule has 90 valence electrons. The molecule has 0 heterocycles. The smallest absolute Gasteiger partial charge is 0.294 e. The summed E-state index contributed by atoms with van der Waals surface area (Å²) in [6.45, 7) is 0. The van der Waals surface area contributed by atoms with Gasteiger partial charge in [-0.05, 0) is 35.0 Å². The number of rotatable bonds is 2. The van der Waals surface area contributed by atoms with Gasteiger partial charge >= 0.3 is 0 Å². The highest BCUT2D eigenvalue weighted by Crippen LogP contribution is 2.23. The molecule has 0 aliphatic rings. The highest BCUT2D eigenvalue weighted by atomic mass is 32.2. The van der Waals surface area contributed by atoms with Gasteiger partial charge < -0.3 is 4.90 Å². The van der Waals surface area contributed by atoms with E-state index in [0.717, 1.165) is 16.5 Å². The summed E-state index contributed by atoms with van der Waals surface area (Å²) in [6.07, 6.45) is 0. The summed E-state index contributed by atoms with van der Waals surface area (Å²) in [5.74, 6) is 0. The Bertz CT molecular complexity index is 663. The van der Waals surface area contributed by atoms with Crippen molar-refractivity contribution in [3.05, 3.63) is 36.4 Å². The molecular formula is C12H13NO3S. The minimum Gasteiger partial charge on any atom is -0.378 e. The van der Waals surface area contributed by atoms with Crippen molar-refractivity contribution in [1.82, 2.24) is 0 Å². The van der Waals surface area contributed by atoms with E-state index in [1.807, 2.05) is 37.2 Å². The van der Waals surface area contributed by atoms with E-state index in [0.29, 0.717) is 0 Å². The molecule has 1 N–H and O–H groups in total. The van der Waals surface area contributed by atoms with Gasteiger partial charge in [-0.1, -0.05) is 12.1 Å². The molecular weight excluding hydrogens is 238 g/mol. The van der Waals surface area contributed by atoms with Gasteiger partial charge in [-0.25, -0.2) is 0 Å². The maximum Gasteiger partial charge on any atom is 0.294 e. The second kappa shape index (κ2) is 4.01. The van der Waals surface area contributed by atoms with Gasteiger partial charge in [0.1, 0.15) is 0 Å². The van der Waals surface area contributed by atoms with Crippen LogP contribution in [0.2, 0.25) is 0 Å². The van der Waals surface area contributed by atoms with Crippen LogP contribution in [-0.4, -0.2) is 27.1 Å². The predicted octanol–water partition coefficient (Wildman–Crippen LogP) is 2.15. The van der Waals surface area contributed by atoms with Crippen molar-refractivity contribution in [2.75, 3.05) is 19.0 Å². The monoisotopic (exact) mass is 251 g/mol. The van der Waals surface area contributed by atoms with Crippen molar-refractivity contribution < 1.29 is 13.0 Å². The fourth-order valence-electron chi connectivity index (χ4n) is 1.65. The maximum atomic E-state index is 11.0. The van der Waals surface area contributed by atoms with Crippen molar-refractivity contribution in [2.45, 2.75) is 4.90 Å². The fourth-order valence-corrected chi connectivity index (χ4v) is 2.17. The third-order valence-electron chi connectivity index (χ3n) is 2.61. The SMILES string of the molecule is CN(C)c1ccc2cc(S(=O)(=O)O)ccc2c1. The molecule has 0 spiro atoms. The average Bonchev–Trinajstić information content (AvgIpc) is 2.26. The zero-order valence-electron chi connectivity index (χ0n) is 9.58. The largest absolute Gasteiger partial charge is 0.378 e. The molecule has 5 heteroatoms. The molecule has 0 saturated carbocycles. The highest BCUT2D eigenvalue weighted by molar-refractivity contribution is 7.85. The number of anilines is 1. The Labute approximate surface area is 100 Å². The lowest BCUT2D eigenvalue weighted by Gasteiger charge is -2.13. The van der Waals surface area contributed by atoms with Gasteiger partial charge in [0.2, 0.25) is 0 Å². The average molecular weight is 251 g/mol. The minimum atomic E-state index is -4.13. The van der Waals surface area contributed by atoms with Crippen LogP contribution in [0.25, 0.3) is 10.8 Å². The van der Waals surface area contributed by atoms with Crippen LogP contribution in [0, 0.1) is 0 Å². The third kappa shape index (κ3) is 2.40. The molecule has 0 fully saturated rings. The fraction of sp³-hybridized carbons (Fsp3) is 0.167. The van der Waals surface area contributed by atoms with Gasteiger partial charge in [0, 0.05) is 19.8 Å². The van der Waals surface area contributed by atoms with Crippen LogP contribution in [0.5, 0.6) is 0 Å². The molecule has 0 unspecified atom stereocenters. The summed E-state index contributed by atoms with van der Waals surface area (Å²) in [6, 6.07) is 10.2. The molecule has 4 nitrogen and oxygen atoms in total. The second-order valence-electron chi connectivity index (χ2n) is 4.06. The molecule has 0 amide bonds. The molecule has 0 aromatic heterocycles. The summed E-state index contributed by atoms with van der Waals surface area (Å²) in [7, 11) is -0.255. The lowest BCUT2D eigenvalue weighted by atomic mass is 10.1. The number of fused-ring (bicyclic) bond motifs is 1. The Hall–Kier alpha value is -1.59. The Morgan fingerprint density at radius 2 is 1.59 bits per heavy atom. The van der Waals surface area contributed by atoms with Crippen LogP contribution in [-0.2, 0) is 10.1 Å². The standard InChI is InChI=1S/C12H13NO3S/c1-13(2)11-5-3-10-8-12(17(14,15)16)6-4-9(10)7-11/h3-8H,1-2H3,(H,14,15,16). The lowest BCUT2D eigenvalue weighted by Crippen LogP contribution is -2.08. The third-order valence-corrected chi connectivity index (χ3v) is 3.46. The van der Waals surface area contributed by atoms with E-state index in [1.165, 1.54) is 12.1 Å². The van der Waals surface area contributed by atoms with Gasteiger partial charge in [0.05, 0.1) is 4.90 Å². The normalized spacial score (nSPS) is 11.7.